The van der Waals surface area contributed by atoms with Gasteiger partial charge in [-0.15, -0.1) is 0 Å². The van der Waals surface area contributed by atoms with Crippen LogP contribution in [0.4, 0.5) is 23.5 Å². The predicted octanol–water partition coefficient (Wildman–Crippen LogP) is 5.61. The number of rotatable bonds is 6. The van der Waals surface area contributed by atoms with Crippen LogP contribution in [0.5, 0.6) is 0 Å². The molecule has 0 bridgehead atoms. The molecule has 0 saturated heterocycles. The average molecular weight is 549 g/mol. The number of nitrogens with one attached hydrogen (secondary N) is 1. The number of carbonyl (C=O) groups is 1. The summed E-state index contributed by atoms with van der Waals surface area (Å²) in [6, 6.07) is 10.3. The minimum Gasteiger partial charge on any atom is -0.467 e. The van der Waals surface area contributed by atoms with Crippen molar-refractivity contribution in [3.05, 3.63) is 87.6 Å². The maximum atomic E-state index is 14.2. The molecular weight excluding hydrogens is 528 g/mol. The summed E-state index contributed by atoms with van der Waals surface area (Å²) in [6.45, 7) is 0.278. The molecule has 0 amide bonds. The molecular formula is C26H21ClF4N4O3. The van der Waals surface area contributed by atoms with Crippen LogP contribution < -0.4 is 4.90 Å². The number of fused-ring (bicyclic) bond motifs is 3. The second kappa shape index (κ2) is 10.2. The fourth-order valence-electron chi connectivity index (χ4n) is 4.60. The molecule has 7 nitrogen and oxygen atoms in total. The maximum absolute atomic E-state index is 14.2. The highest BCUT2D eigenvalue weighted by Crippen LogP contribution is 2.41. The summed E-state index contributed by atoms with van der Waals surface area (Å²) >= 11 is 6.05. The number of methoxy groups -OCH3 is 1. The lowest BCUT2D eigenvalue weighted by Crippen LogP contribution is -2.37. The quantitative estimate of drug-likeness (QED) is 0.249. The van der Waals surface area contributed by atoms with Crippen LogP contribution in [0.25, 0.3) is 10.9 Å². The molecule has 1 aliphatic rings. The number of hydrogen-bond donors (Lipinski definition) is 1. The fourth-order valence-corrected chi connectivity index (χ4v) is 4.76. The molecule has 4 aromatic rings. The number of ether oxygens (including phenoxy) is 2. The Hall–Kier alpha value is -3.70. The number of aromatic nitrogens is 3. The number of aromatic amines is 1. The number of nitrogens with zero attached hydrogens (tertiary/aromatic N) is 3. The van der Waals surface area contributed by atoms with E-state index in [1.165, 1.54) is 13.2 Å². The molecule has 5 rings (SSSR count). The van der Waals surface area contributed by atoms with Crippen molar-refractivity contribution in [3.8, 4) is 0 Å². The Bertz CT molecular complexity index is 1490. The van der Waals surface area contributed by atoms with E-state index in [1.54, 1.807) is 23.1 Å². The number of hydrogen-bond acceptors (Lipinski definition) is 6. The van der Waals surface area contributed by atoms with E-state index in [0.29, 0.717) is 24.2 Å². The molecule has 1 N–H and O–H groups in total. The smallest absolute Gasteiger partial charge is 0.433 e. The van der Waals surface area contributed by atoms with Crippen LogP contribution in [-0.2, 0) is 33.5 Å². The van der Waals surface area contributed by atoms with Crippen molar-refractivity contribution in [2.45, 2.75) is 25.2 Å². The predicted molar refractivity (Wildman–Crippen MR) is 131 cm³/mol. The van der Waals surface area contributed by atoms with E-state index in [9.17, 15) is 22.4 Å². The van der Waals surface area contributed by atoms with Crippen molar-refractivity contribution >= 4 is 34.4 Å². The molecule has 1 atom stereocenters. The van der Waals surface area contributed by atoms with Gasteiger partial charge in [-0.25, -0.2) is 19.2 Å². The number of alkyl halides is 3. The highest BCUT2D eigenvalue weighted by molar-refractivity contribution is 6.31. The lowest BCUT2D eigenvalue weighted by molar-refractivity contribution is -0.146. The lowest BCUT2D eigenvalue weighted by Gasteiger charge is -2.36. The molecule has 0 fully saturated rings. The number of carbonyl (C=O) groups excluding carboxylic acids is 1. The van der Waals surface area contributed by atoms with Gasteiger partial charge in [-0.3, -0.25) is 0 Å². The first-order valence-electron chi connectivity index (χ1n) is 11.6. The van der Waals surface area contributed by atoms with Gasteiger partial charge in [0.2, 0.25) is 5.95 Å². The van der Waals surface area contributed by atoms with Gasteiger partial charge in [-0.1, -0.05) is 35.9 Å². The Morgan fingerprint density at radius 3 is 2.68 bits per heavy atom. The van der Waals surface area contributed by atoms with Gasteiger partial charge < -0.3 is 19.4 Å². The largest absolute Gasteiger partial charge is 0.467 e. The zero-order valence-corrected chi connectivity index (χ0v) is 20.7. The van der Waals surface area contributed by atoms with Crippen LogP contribution >= 0.6 is 11.6 Å². The zero-order valence-electron chi connectivity index (χ0n) is 20.0. The Kier molecular flexibility index (Phi) is 6.97. The van der Waals surface area contributed by atoms with E-state index in [1.807, 2.05) is 12.1 Å². The molecule has 1 aliphatic heterocycles. The van der Waals surface area contributed by atoms with Gasteiger partial charge in [0.15, 0.2) is 0 Å². The van der Waals surface area contributed by atoms with Gasteiger partial charge in [0, 0.05) is 29.3 Å². The molecule has 1 unspecified atom stereocenters. The SMILES string of the molecule is COC(=O)COCc1ccc(C2c3[nH]c4cc(F)c(Cl)cc4c3CCN2c2nccc(C(F)(F)F)n2)cc1. The van der Waals surface area contributed by atoms with Gasteiger partial charge in [-0.2, -0.15) is 13.2 Å². The molecule has 12 heteroatoms. The monoisotopic (exact) mass is 548 g/mol. The number of esters is 1. The van der Waals surface area contributed by atoms with Crippen LogP contribution in [0.15, 0.2) is 48.7 Å². The first-order chi connectivity index (χ1) is 18.2. The van der Waals surface area contributed by atoms with Gasteiger partial charge in [0.1, 0.15) is 18.1 Å². The Morgan fingerprint density at radius 2 is 1.97 bits per heavy atom. The summed E-state index contributed by atoms with van der Waals surface area (Å²) in [5.74, 6) is -1.16. The molecule has 0 radical (unpaired) electrons. The summed E-state index contributed by atoms with van der Waals surface area (Å²) < 4.78 is 64.4. The molecule has 2 aromatic heterocycles. The topological polar surface area (TPSA) is 80.3 Å². The Morgan fingerprint density at radius 1 is 1.21 bits per heavy atom. The molecule has 0 aliphatic carbocycles. The van der Waals surface area contributed by atoms with Crippen molar-refractivity contribution in [3.63, 3.8) is 0 Å². The third-order valence-corrected chi connectivity index (χ3v) is 6.66. The van der Waals surface area contributed by atoms with Crippen LogP contribution in [0.1, 0.15) is 34.1 Å². The van der Waals surface area contributed by atoms with E-state index >= 15 is 0 Å². The van der Waals surface area contributed by atoms with E-state index in [4.69, 9.17) is 16.3 Å². The van der Waals surface area contributed by atoms with Crippen molar-refractivity contribution in [1.29, 1.82) is 0 Å². The van der Waals surface area contributed by atoms with E-state index in [0.717, 1.165) is 34.3 Å². The lowest BCUT2D eigenvalue weighted by atomic mass is 9.92. The van der Waals surface area contributed by atoms with E-state index in [-0.39, 0.29) is 24.2 Å². The number of halogens is 5. The highest BCUT2D eigenvalue weighted by atomic mass is 35.5. The number of anilines is 1. The zero-order chi connectivity index (χ0) is 27.0. The average Bonchev–Trinajstić information content (AvgIpc) is 3.25. The molecule has 2 aromatic carbocycles. The normalized spacial score (nSPS) is 15.5. The summed E-state index contributed by atoms with van der Waals surface area (Å²) in [7, 11) is 1.27. The molecule has 3 heterocycles. The van der Waals surface area contributed by atoms with Gasteiger partial charge >= 0.3 is 12.1 Å². The Balaban J connectivity index is 1.56. The second-order valence-electron chi connectivity index (χ2n) is 8.73. The second-order valence-corrected chi connectivity index (χ2v) is 9.13. The molecule has 0 spiro atoms. The minimum absolute atomic E-state index is 0.0178. The molecule has 38 heavy (non-hydrogen) atoms. The first kappa shape index (κ1) is 25.9. The van der Waals surface area contributed by atoms with Gasteiger partial charge in [-0.05, 0) is 41.3 Å². The van der Waals surface area contributed by atoms with Crippen molar-refractivity contribution in [2.75, 3.05) is 25.2 Å². The molecule has 0 saturated carbocycles. The summed E-state index contributed by atoms with van der Waals surface area (Å²) in [5, 5.41) is 0.727. The van der Waals surface area contributed by atoms with Crippen molar-refractivity contribution < 1.29 is 31.8 Å². The van der Waals surface area contributed by atoms with Crippen LogP contribution in [0.3, 0.4) is 0 Å². The number of H-pyrrole nitrogens is 1. The van der Waals surface area contributed by atoms with E-state index < -0.39 is 29.7 Å². The van der Waals surface area contributed by atoms with Crippen LogP contribution in [0, 0.1) is 5.82 Å². The summed E-state index contributed by atoms with van der Waals surface area (Å²) in [6.07, 6.45) is -3.10. The number of benzene rings is 2. The van der Waals surface area contributed by atoms with Gasteiger partial charge in [0.25, 0.3) is 0 Å². The van der Waals surface area contributed by atoms with Crippen LogP contribution in [0.2, 0.25) is 5.02 Å². The highest BCUT2D eigenvalue weighted by Gasteiger charge is 2.37. The third kappa shape index (κ3) is 5.03. The molecule has 198 valence electrons. The maximum Gasteiger partial charge on any atom is 0.433 e. The van der Waals surface area contributed by atoms with E-state index in [2.05, 4.69) is 19.7 Å². The standard InChI is InChI=1S/C26H21ClF4N4O3/c1-37-22(36)13-38-12-14-2-4-15(5-3-14)24-23-16(17-10-18(27)19(28)11-20(17)33-23)7-9-35(24)25-32-8-6-21(34-25)26(29,30)31/h2-6,8,10-11,24,33H,7,9,12-13H2,1H3. The third-order valence-electron chi connectivity index (χ3n) is 6.37. The fraction of sp³-hybridized carbons (Fsp3) is 0.269. The summed E-state index contributed by atoms with van der Waals surface area (Å²) in [4.78, 5) is 24.2. The summed E-state index contributed by atoms with van der Waals surface area (Å²) in [5.41, 5.74) is 2.57. The first-order valence-corrected chi connectivity index (χ1v) is 11.9. The van der Waals surface area contributed by atoms with Crippen molar-refractivity contribution in [1.82, 2.24) is 15.0 Å². The van der Waals surface area contributed by atoms with Crippen LogP contribution in [-0.4, -0.2) is 41.2 Å². The minimum atomic E-state index is -4.63. The van der Waals surface area contributed by atoms with Gasteiger partial charge in [0.05, 0.1) is 24.8 Å². The van der Waals surface area contributed by atoms with Crippen molar-refractivity contribution in [2.24, 2.45) is 0 Å². The Labute approximate surface area is 219 Å².